The number of nitrogens with two attached hydrogens (primary N) is 1. The minimum Gasteiger partial charge on any atom is -0.328 e. The molecule has 1 aliphatic rings. The van der Waals surface area contributed by atoms with Gasteiger partial charge in [-0.05, 0) is 38.8 Å². The Hall–Kier alpha value is -0.0800. The van der Waals surface area contributed by atoms with Crippen molar-refractivity contribution >= 4 is 0 Å². The van der Waals surface area contributed by atoms with Gasteiger partial charge in [0, 0.05) is 6.04 Å². The Labute approximate surface area is 82.3 Å². The number of rotatable bonds is 0. The average Bonchev–Trinajstić information content (AvgIpc) is 2.11. The Kier molecular flexibility index (Phi) is 6.21. The van der Waals surface area contributed by atoms with Crippen molar-refractivity contribution in [1.29, 1.82) is 0 Å². The maximum Gasteiger partial charge on any atom is 0.00388 e. The summed E-state index contributed by atoms with van der Waals surface area (Å²) in [7, 11) is 0. The fourth-order valence-electron chi connectivity index (χ4n) is 1.94. The third kappa shape index (κ3) is 6.05. The van der Waals surface area contributed by atoms with Gasteiger partial charge in [-0.25, -0.2) is 0 Å². The van der Waals surface area contributed by atoms with Crippen LogP contribution in [-0.2, 0) is 0 Å². The molecule has 1 fully saturated rings. The number of nitrogens with one attached hydrogen (secondary N) is 1. The van der Waals surface area contributed by atoms with E-state index in [0.29, 0.717) is 6.04 Å². The zero-order chi connectivity index (χ0) is 9.36. The Morgan fingerprint density at radius 1 is 0.769 bits per heavy atom. The van der Waals surface area contributed by atoms with E-state index in [1.54, 1.807) is 0 Å². The molecule has 13 heavy (non-hydrogen) atoms. The second-order valence-corrected chi connectivity index (χ2v) is 4.21. The summed E-state index contributed by atoms with van der Waals surface area (Å²) in [5.74, 6) is 0. The summed E-state index contributed by atoms with van der Waals surface area (Å²) < 4.78 is 0. The van der Waals surface area contributed by atoms with Gasteiger partial charge in [-0.1, -0.05) is 25.7 Å². The first-order valence-electron chi connectivity index (χ1n) is 5.86. The van der Waals surface area contributed by atoms with E-state index in [4.69, 9.17) is 5.73 Å². The highest BCUT2D eigenvalue weighted by molar-refractivity contribution is 4.63. The van der Waals surface area contributed by atoms with Gasteiger partial charge in [0.25, 0.3) is 0 Å². The van der Waals surface area contributed by atoms with E-state index in [-0.39, 0.29) is 0 Å². The van der Waals surface area contributed by atoms with E-state index in [1.807, 2.05) is 0 Å². The number of hydrogen-bond donors (Lipinski definition) is 2. The molecule has 2 nitrogen and oxygen atoms in total. The Bertz CT molecular complexity index is 103. The van der Waals surface area contributed by atoms with Gasteiger partial charge in [0.2, 0.25) is 0 Å². The molecule has 0 aliphatic carbocycles. The lowest BCUT2D eigenvalue weighted by Crippen LogP contribution is -2.22. The van der Waals surface area contributed by atoms with Gasteiger partial charge in [0.1, 0.15) is 0 Å². The van der Waals surface area contributed by atoms with Crippen LogP contribution in [-0.4, -0.2) is 19.1 Å². The highest BCUT2D eigenvalue weighted by atomic mass is 14.8. The van der Waals surface area contributed by atoms with Crippen molar-refractivity contribution in [2.45, 2.75) is 57.4 Å². The van der Waals surface area contributed by atoms with Gasteiger partial charge in [-0.2, -0.15) is 0 Å². The molecule has 1 saturated heterocycles. The van der Waals surface area contributed by atoms with Crippen LogP contribution in [0.25, 0.3) is 0 Å². The largest absolute Gasteiger partial charge is 0.328 e. The predicted octanol–water partition coefficient (Wildman–Crippen LogP) is 2.04. The quantitative estimate of drug-likeness (QED) is 0.604. The van der Waals surface area contributed by atoms with Crippen molar-refractivity contribution in [3.63, 3.8) is 0 Å². The maximum atomic E-state index is 5.99. The lowest BCUT2D eigenvalue weighted by molar-refractivity contribution is 0.471. The summed E-state index contributed by atoms with van der Waals surface area (Å²) in [5.41, 5.74) is 5.99. The second kappa shape index (κ2) is 7.34. The maximum absolute atomic E-state index is 5.99. The SMILES string of the molecule is NC1CCCCCCNCCCC1. The summed E-state index contributed by atoms with van der Waals surface area (Å²) >= 11 is 0. The van der Waals surface area contributed by atoms with Crippen molar-refractivity contribution in [2.75, 3.05) is 13.1 Å². The molecule has 0 radical (unpaired) electrons. The first-order valence-corrected chi connectivity index (χ1v) is 5.86. The monoisotopic (exact) mass is 184 g/mol. The van der Waals surface area contributed by atoms with Gasteiger partial charge in [0.05, 0.1) is 0 Å². The fourth-order valence-corrected chi connectivity index (χ4v) is 1.94. The van der Waals surface area contributed by atoms with Crippen molar-refractivity contribution in [1.82, 2.24) is 5.32 Å². The minimum absolute atomic E-state index is 0.472. The third-order valence-corrected chi connectivity index (χ3v) is 2.86. The van der Waals surface area contributed by atoms with Crippen LogP contribution in [0.5, 0.6) is 0 Å². The van der Waals surface area contributed by atoms with Crippen LogP contribution in [0.1, 0.15) is 51.4 Å². The Balaban J connectivity index is 2.11. The normalized spacial score (nSPS) is 28.8. The summed E-state index contributed by atoms with van der Waals surface area (Å²) in [6, 6.07) is 0.472. The van der Waals surface area contributed by atoms with Gasteiger partial charge >= 0.3 is 0 Å². The summed E-state index contributed by atoms with van der Waals surface area (Å²) in [5, 5.41) is 3.48. The summed E-state index contributed by atoms with van der Waals surface area (Å²) in [6.45, 7) is 2.40. The molecule has 0 amide bonds. The smallest absolute Gasteiger partial charge is 0.00388 e. The topological polar surface area (TPSA) is 38.0 Å². The van der Waals surface area contributed by atoms with Crippen LogP contribution in [0.15, 0.2) is 0 Å². The Morgan fingerprint density at radius 3 is 2.08 bits per heavy atom. The molecular weight excluding hydrogens is 160 g/mol. The molecule has 0 saturated carbocycles. The summed E-state index contributed by atoms with van der Waals surface area (Å²) in [4.78, 5) is 0. The zero-order valence-electron chi connectivity index (χ0n) is 8.73. The van der Waals surface area contributed by atoms with E-state index < -0.39 is 0 Å². The van der Waals surface area contributed by atoms with Crippen LogP contribution < -0.4 is 11.1 Å². The molecule has 2 heteroatoms. The molecule has 1 heterocycles. The molecule has 1 unspecified atom stereocenters. The van der Waals surface area contributed by atoms with Gasteiger partial charge in [-0.3, -0.25) is 0 Å². The van der Waals surface area contributed by atoms with Crippen LogP contribution >= 0.6 is 0 Å². The molecule has 1 aliphatic heterocycles. The van der Waals surface area contributed by atoms with E-state index >= 15 is 0 Å². The zero-order valence-corrected chi connectivity index (χ0v) is 8.73. The highest BCUT2D eigenvalue weighted by Crippen LogP contribution is 2.09. The Morgan fingerprint density at radius 2 is 1.31 bits per heavy atom. The van der Waals surface area contributed by atoms with Gasteiger partial charge < -0.3 is 11.1 Å². The lowest BCUT2D eigenvalue weighted by atomic mass is 10.0. The molecule has 3 N–H and O–H groups in total. The van der Waals surface area contributed by atoms with Crippen LogP contribution in [0.3, 0.4) is 0 Å². The first kappa shape index (κ1) is 11.0. The van der Waals surface area contributed by atoms with Gasteiger partial charge in [0.15, 0.2) is 0 Å². The second-order valence-electron chi connectivity index (χ2n) is 4.21. The molecule has 78 valence electrons. The van der Waals surface area contributed by atoms with E-state index in [9.17, 15) is 0 Å². The van der Waals surface area contributed by atoms with Gasteiger partial charge in [-0.15, -0.1) is 0 Å². The lowest BCUT2D eigenvalue weighted by Gasteiger charge is -2.13. The molecule has 0 aromatic heterocycles. The van der Waals surface area contributed by atoms with Crippen molar-refractivity contribution in [2.24, 2.45) is 5.73 Å². The first-order chi connectivity index (χ1) is 6.39. The van der Waals surface area contributed by atoms with Crippen LogP contribution in [0, 0.1) is 0 Å². The molecule has 0 spiro atoms. The molecular formula is C11H24N2. The van der Waals surface area contributed by atoms with Crippen molar-refractivity contribution in [3.8, 4) is 0 Å². The molecule has 0 aromatic rings. The van der Waals surface area contributed by atoms with E-state index in [2.05, 4.69) is 5.32 Å². The molecule has 1 atom stereocenters. The minimum atomic E-state index is 0.472. The standard InChI is InChI=1S/C11H24N2/c12-11-7-3-1-2-5-9-13-10-6-4-8-11/h11,13H,1-10,12H2. The van der Waals surface area contributed by atoms with Crippen molar-refractivity contribution < 1.29 is 0 Å². The third-order valence-electron chi connectivity index (χ3n) is 2.86. The molecule has 1 rings (SSSR count). The highest BCUT2D eigenvalue weighted by Gasteiger charge is 2.03. The fraction of sp³-hybridized carbons (Fsp3) is 1.00. The van der Waals surface area contributed by atoms with E-state index in [0.717, 1.165) is 0 Å². The molecule has 0 bridgehead atoms. The summed E-state index contributed by atoms with van der Waals surface area (Å²) in [6.07, 6.45) is 10.5. The molecule has 0 aromatic carbocycles. The average molecular weight is 184 g/mol. The van der Waals surface area contributed by atoms with Crippen LogP contribution in [0.4, 0.5) is 0 Å². The number of hydrogen-bond acceptors (Lipinski definition) is 2. The van der Waals surface area contributed by atoms with Crippen LogP contribution in [0.2, 0.25) is 0 Å². The van der Waals surface area contributed by atoms with E-state index in [1.165, 1.54) is 64.5 Å². The van der Waals surface area contributed by atoms with Crippen molar-refractivity contribution in [3.05, 3.63) is 0 Å². The predicted molar refractivity (Wildman–Crippen MR) is 57.8 cm³/mol.